The van der Waals surface area contributed by atoms with Crippen molar-refractivity contribution in [1.82, 2.24) is 5.32 Å². The predicted molar refractivity (Wildman–Crippen MR) is 97.0 cm³/mol. The highest BCUT2D eigenvalue weighted by Gasteiger charge is 2.18. The van der Waals surface area contributed by atoms with E-state index in [2.05, 4.69) is 56.5 Å². The first kappa shape index (κ1) is 17.4. The lowest BCUT2D eigenvalue weighted by atomic mass is 9.94. The fraction of sp³-hybridized carbons (Fsp3) is 0.611. The molecule has 1 aliphatic heterocycles. The van der Waals surface area contributed by atoms with E-state index in [-0.39, 0.29) is 5.91 Å². The van der Waals surface area contributed by atoms with Crippen LogP contribution in [0.15, 0.2) is 18.2 Å². The third kappa shape index (κ3) is 4.75. The maximum atomic E-state index is 12.3. The van der Waals surface area contributed by atoms with Gasteiger partial charge >= 0.3 is 0 Å². The smallest absolute Gasteiger partial charge is 0.225 e. The molecule has 122 valence electrons. The Kier molecular flexibility index (Phi) is 6.33. The van der Waals surface area contributed by atoms with Gasteiger partial charge in [0.2, 0.25) is 5.91 Å². The summed E-state index contributed by atoms with van der Waals surface area (Å²) in [5.74, 6) is 3.19. The third-order valence-electron chi connectivity index (χ3n) is 4.07. The van der Waals surface area contributed by atoms with Gasteiger partial charge in [0.1, 0.15) is 0 Å². The van der Waals surface area contributed by atoms with E-state index in [1.54, 1.807) is 0 Å². The molecule has 0 spiro atoms. The van der Waals surface area contributed by atoms with Crippen LogP contribution in [0.5, 0.6) is 0 Å². The van der Waals surface area contributed by atoms with Gasteiger partial charge < -0.3 is 10.6 Å². The zero-order chi connectivity index (χ0) is 16.1. The van der Waals surface area contributed by atoms with Crippen molar-refractivity contribution < 1.29 is 4.79 Å². The highest BCUT2D eigenvalue weighted by atomic mass is 32.2. The lowest BCUT2D eigenvalue weighted by Crippen LogP contribution is -2.40. The van der Waals surface area contributed by atoms with Gasteiger partial charge in [0, 0.05) is 36.2 Å². The van der Waals surface area contributed by atoms with E-state index in [0.29, 0.717) is 24.3 Å². The summed E-state index contributed by atoms with van der Waals surface area (Å²) in [6.45, 7) is 9.75. The van der Waals surface area contributed by atoms with Crippen LogP contribution in [0.3, 0.4) is 0 Å². The van der Waals surface area contributed by atoms with Crippen LogP contribution in [0.25, 0.3) is 0 Å². The predicted octanol–water partition coefficient (Wildman–Crippen LogP) is 3.97. The quantitative estimate of drug-likeness (QED) is 0.862. The molecule has 0 aliphatic carbocycles. The lowest BCUT2D eigenvalue weighted by Gasteiger charge is -2.23. The Bertz CT molecular complexity index is 508. The number of carbonyl (C=O) groups is 1. The first-order chi connectivity index (χ1) is 10.5. The first-order valence-electron chi connectivity index (χ1n) is 8.22. The minimum Gasteiger partial charge on any atom is -0.326 e. The molecule has 1 aromatic rings. The van der Waals surface area contributed by atoms with Crippen molar-refractivity contribution in [2.45, 2.75) is 52.0 Å². The highest BCUT2D eigenvalue weighted by Crippen LogP contribution is 2.28. The number of carbonyl (C=O) groups excluding carboxylic acids is 1. The molecular weight excluding hydrogens is 292 g/mol. The molecule has 1 saturated heterocycles. The number of benzene rings is 1. The first-order valence-corrected chi connectivity index (χ1v) is 9.37. The fourth-order valence-electron chi connectivity index (χ4n) is 2.71. The highest BCUT2D eigenvalue weighted by molar-refractivity contribution is 7.99. The van der Waals surface area contributed by atoms with Gasteiger partial charge in [-0.15, -0.1) is 0 Å². The molecule has 1 unspecified atom stereocenters. The van der Waals surface area contributed by atoms with Crippen LogP contribution in [0.2, 0.25) is 0 Å². The SMILES string of the molecule is CC(C)c1ccc(NC(=O)CC2CSCCN2)c(C(C)C)c1. The van der Waals surface area contributed by atoms with Crippen LogP contribution in [-0.4, -0.2) is 30.0 Å². The van der Waals surface area contributed by atoms with Crippen LogP contribution in [-0.2, 0) is 4.79 Å². The largest absolute Gasteiger partial charge is 0.326 e. The molecule has 3 nitrogen and oxygen atoms in total. The Morgan fingerprint density at radius 1 is 1.32 bits per heavy atom. The number of anilines is 1. The molecule has 0 bridgehead atoms. The van der Waals surface area contributed by atoms with E-state index in [0.717, 1.165) is 23.7 Å². The standard InChI is InChI=1S/C18H28N2OS/c1-12(2)14-5-6-17(16(9-14)13(3)4)20-18(21)10-15-11-22-8-7-19-15/h5-6,9,12-13,15,19H,7-8,10-11H2,1-4H3,(H,20,21). The molecule has 0 radical (unpaired) electrons. The van der Waals surface area contributed by atoms with E-state index >= 15 is 0 Å². The average Bonchev–Trinajstić information content (AvgIpc) is 2.48. The summed E-state index contributed by atoms with van der Waals surface area (Å²) in [5, 5.41) is 6.53. The number of amides is 1. The number of rotatable bonds is 5. The summed E-state index contributed by atoms with van der Waals surface area (Å²) in [6, 6.07) is 6.72. The molecule has 0 aromatic heterocycles. The number of hydrogen-bond acceptors (Lipinski definition) is 3. The van der Waals surface area contributed by atoms with Crippen molar-refractivity contribution in [3.63, 3.8) is 0 Å². The van der Waals surface area contributed by atoms with Gasteiger partial charge in [-0.2, -0.15) is 11.8 Å². The second kappa shape index (κ2) is 8.02. The Labute approximate surface area is 138 Å². The van der Waals surface area contributed by atoms with E-state index in [4.69, 9.17) is 0 Å². The lowest BCUT2D eigenvalue weighted by molar-refractivity contribution is -0.116. The topological polar surface area (TPSA) is 41.1 Å². The van der Waals surface area contributed by atoms with Gasteiger partial charge in [0.15, 0.2) is 0 Å². The Hall–Kier alpha value is -1.00. The van der Waals surface area contributed by atoms with E-state index in [1.807, 2.05) is 11.8 Å². The summed E-state index contributed by atoms with van der Waals surface area (Å²) in [5.41, 5.74) is 3.52. The maximum Gasteiger partial charge on any atom is 0.225 e. The minimum atomic E-state index is 0.110. The summed E-state index contributed by atoms with van der Waals surface area (Å²) >= 11 is 1.92. The van der Waals surface area contributed by atoms with E-state index in [9.17, 15) is 4.79 Å². The third-order valence-corrected chi connectivity index (χ3v) is 5.20. The van der Waals surface area contributed by atoms with Crippen LogP contribution in [0, 0.1) is 0 Å². The van der Waals surface area contributed by atoms with Crippen molar-refractivity contribution in [3.8, 4) is 0 Å². The van der Waals surface area contributed by atoms with Crippen molar-refractivity contribution in [3.05, 3.63) is 29.3 Å². The normalized spacial score (nSPS) is 18.7. The molecule has 2 N–H and O–H groups in total. The van der Waals surface area contributed by atoms with E-state index < -0.39 is 0 Å². The fourth-order valence-corrected chi connectivity index (χ4v) is 3.66. The molecule has 0 saturated carbocycles. The van der Waals surface area contributed by atoms with Crippen molar-refractivity contribution in [2.24, 2.45) is 0 Å². The van der Waals surface area contributed by atoms with Gasteiger partial charge in [-0.1, -0.05) is 39.8 Å². The van der Waals surface area contributed by atoms with Gasteiger partial charge in [0.25, 0.3) is 0 Å². The van der Waals surface area contributed by atoms with Crippen LogP contribution in [0.1, 0.15) is 57.1 Å². The second-order valence-electron chi connectivity index (χ2n) is 6.63. The van der Waals surface area contributed by atoms with Gasteiger partial charge in [-0.3, -0.25) is 4.79 Å². The van der Waals surface area contributed by atoms with Gasteiger partial charge in [-0.25, -0.2) is 0 Å². The summed E-state index contributed by atoms with van der Waals surface area (Å²) in [6.07, 6.45) is 0.552. The molecule has 1 aliphatic rings. The van der Waals surface area contributed by atoms with Crippen molar-refractivity contribution >= 4 is 23.4 Å². The number of hydrogen-bond donors (Lipinski definition) is 2. The molecule has 1 amide bonds. The van der Waals surface area contributed by atoms with Crippen LogP contribution < -0.4 is 10.6 Å². The van der Waals surface area contributed by atoms with E-state index in [1.165, 1.54) is 11.1 Å². The van der Waals surface area contributed by atoms with Crippen LogP contribution >= 0.6 is 11.8 Å². The molecular formula is C18H28N2OS. The number of nitrogens with one attached hydrogen (secondary N) is 2. The van der Waals surface area contributed by atoms with Crippen molar-refractivity contribution in [2.75, 3.05) is 23.4 Å². The van der Waals surface area contributed by atoms with Gasteiger partial charge in [0.05, 0.1) is 0 Å². The Morgan fingerprint density at radius 2 is 2.09 bits per heavy atom. The average molecular weight is 321 g/mol. The zero-order valence-electron chi connectivity index (χ0n) is 14.1. The molecule has 1 aromatic carbocycles. The molecule has 1 heterocycles. The Balaban J connectivity index is 2.05. The monoisotopic (exact) mass is 320 g/mol. The Morgan fingerprint density at radius 3 is 2.68 bits per heavy atom. The molecule has 2 rings (SSSR count). The molecule has 1 fully saturated rings. The number of thioether (sulfide) groups is 1. The maximum absolute atomic E-state index is 12.3. The van der Waals surface area contributed by atoms with Gasteiger partial charge in [-0.05, 0) is 29.0 Å². The summed E-state index contributed by atoms with van der Waals surface area (Å²) in [7, 11) is 0. The van der Waals surface area contributed by atoms with Crippen molar-refractivity contribution in [1.29, 1.82) is 0 Å². The van der Waals surface area contributed by atoms with Crippen LogP contribution in [0.4, 0.5) is 5.69 Å². The molecule has 1 atom stereocenters. The second-order valence-corrected chi connectivity index (χ2v) is 7.78. The zero-order valence-corrected chi connectivity index (χ0v) is 14.9. The molecule has 22 heavy (non-hydrogen) atoms. The molecule has 4 heteroatoms. The minimum absolute atomic E-state index is 0.110. The summed E-state index contributed by atoms with van der Waals surface area (Å²) < 4.78 is 0. The summed E-state index contributed by atoms with van der Waals surface area (Å²) in [4.78, 5) is 12.3.